The molecular formula is C18H11F2NOS2. The van der Waals surface area contributed by atoms with Gasteiger partial charge in [0.1, 0.15) is 11.6 Å². The van der Waals surface area contributed by atoms with Gasteiger partial charge >= 0.3 is 0 Å². The quantitative estimate of drug-likeness (QED) is 0.650. The molecular weight excluding hydrogens is 348 g/mol. The van der Waals surface area contributed by atoms with Crippen molar-refractivity contribution in [2.75, 3.05) is 5.32 Å². The molecule has 120 valence electrons. The maximum atomic E-state index is 13.7. The zero-order valence-corrected chi connectivity index (χ0v) is 13.9. The van der Waals surface area contributed by atoms with E-state index in [1.54, 1.807) is 11.8 Å². The fourth-order valence-corrected chi connectivity index (χ4v) is 4.90. The first-order chi connectivity index (χ1) is 11.6. The van der Waals surface area contributed by atoms with Crippen LogP contribution in [0.1, 0.15) is 15.2 Å². The van der Waals surface area contributed by atoms with E-state index in [0.29, 0.717) is 4.88 Å². The van der Waals surface area contributed by atoms with E-state index in [4.69, 9.17) is 0 Å². The average molecular weight is 359 g/mol. The Balaban J connectivity index is 1.64. The minimum Gasteiger partial charge on any atom is -0.319 e. The molecule has 0 unspecified atom stereocenters. The molecule has 0 saturated heterocycles. The van der Waals surface area contributed by atoms with Gasteiger partial charge in [0.15, 0.2) is 0 Å². The number of fused-ring (bicyclic) bond motifs is 3. The number of benzene rings is 2. The van der Waals surface area contributed by atoms with Gasteiger partial charge < -0.3 is 5.32 Å². The zero-order valence-electron chi connectivity index (χ0n) is 12.3. The highest BCUT2D eigenvalue weighted by Gasteiger charge is 2.22. The minimum atomic E-state index is -0.787. The summed E-state index contributed by atoms with van der Waals surface area (Å²) in [4.78, 5) is 15.2. The number of carbonyl (C=O) groups is 1. The van der Waals surface area contributed by atoms with E-state index in [9.17, 15) is 13.6 Å². The Kier molecular flexibility index (Phi) is 3.86. The third-order valence-corrected chi connectivity index (χ3v) is 6.06. The van der Waals surface area contributed by atoms with Crippen molar-refractivity contribution in [3.8, 4) is 10.4 Å². The van der Waals surface area contributed by atoms with Gasteiger partial charge in [0.05, 0.1) is 10.6 Å². The van der Waals surface area contributed by atoms with Crippen LogP contribution in [-0.2, 0) is 5.75 Å². The van der Waals surface area contributed by atoms with Gasteiger partial charge in [-0.1, -0.05) is 18.2 Å². The number of anilines is 1. The van der Waals surface area contributed by atoms with E-state index in [0.717, 1.165) is 33.9 Å². The summed E-state index contributed by atoms with van der Waals surface area (Å²) in [6, 6.07) is 13.0. The Labute approximate surface area is 145 Å². The lowest BCUT2D eigenvalue weighted by Gasteiger charge is -2.14. The van der Waals surface area contributed by atoms with Crippen molar-refractivity contribution >= 4 is 34.7 Å². The van der Waals surface area contributed by atoms with Crippen molar-refractivity contribution in [3.05, 3.63) is 70.6 Å². The Bertz CT molecular complexity index is 952. The number of halogens is 2. The molecule has 0 fully saturated rings. The summed E-state index contributed by atoms with van der Waals surface area (Å²) in [5.41, 5.74) is 2.21. The SMILES string of the molecule is O=C(Nc1ccc(F)cc1F)c1cc2c(s1)-c1ccccc1SC2. The first kappa shape index (κ1) is 15.4. The fourth-order valence-electron chi connectivity index (χ4n) is 2.59. The van der Waals surface area contributed by atoms with Crippen molar-refractivity contribution in [2.45, 2.75) is 10.6 Å². The summed E-state index contributed by atoms with van der Waals surface area (Å²) in [5, 5.41) is 2.51. The molecule has 2 aromatic carbocycles. The minimum absolute atomic E-state index is 0.0254. The lowest BCUT2D eigenvalue weighted by atomic mass is 10.1. The van der Waals surface area contributed by atoms with Crippen molar-refractivity contribution in [1.82, 2.24) is 0 Å². The highest BCUT2D eigenvalue weighted by Crippen LogP contribution is 2.45. The maximum absolute atomic E-state index is 13.7. The number of rotatable bonds is 2. The third kappa shape index (κ3) is 2.72. The summed E-state index contributed by atoms with van der Waals surface area (Å²) in [7, 11) is 0. The number of nitrogens with one attached hydrogen (secondary N) is 1. The number of hydrogen-bond acceptors (Lipinski definition) is 3. The van der Waals surface area contributed by atoms with Gasteiger partial charge in [-0.25, -0.2) is 8.78 Å². The molecule has 2 heterocycles. The number of hydrogen-bond donors (Lipinski definition) is 1. The van der Waals surface area contributed by atoms with Crippen LogP contribution in [0, 0.1) is 11.6 Å². The molecule has 0 spiro atoms. The lowest BCUT2D eigenvalue weighted by Crippen LogP contribution is -2.11. The Hall–Kier alpha value is -2.18. The standard InChI is InChI=1S/C18H11F2NOS2/c19-11-5-6-14(13(20)8-11)21-18(22)16-7-10-9-23-15-4-2-1-3-12(15)17(10)24-16/h1-8H,9H2,(H,21,22). The first-order valence-corrected chi connectivity index (χ1v) is 9.03. The molecule has 1 aliphatic rings. The summed E-state index contributed by atoms with van der Waals surface area (Å²) in [5.74, 6) is -1.04. The monoisotopic (exact) mass is 359 g/mol. The first-order valence-electron chi connectivity index (χ1n) is 7.23. The molecule has 0 bridgehead atoms. The molecule has 1 amide bonds. The van der Waals surface area contributed by atoms with E-state index in [-0.39, 0.29) is 11.6 Å². The van der Waals surface area contributed by atoms with Crippen LogP contribution >= 0.6 is 23.1 Å². The van der Waals surface area contributed by atoms with Crippen molar-refractivity contribution in [2.24, 2.45) is 0 Å². The van der Waals surface area contributed by atoms with Crippen LogP contribution in [0.4, 0.5) is 14.5 Å². The van der Waals surface area contributed by atoms with Gasteiger partial charge in [0, 0.05) is 27.2 Å². The van der Waals surface area contributed by atoms with E-state index in [1.807, 2.05) is 24.3 Å². The van der Waals surface area contributed by atoms with Crippen molar-refractivity contribution in [1.29, 1.82) is 0 Å². The highest BCUT2D eigenvalue weighted by atomic mass is 32.2. The molecule has 0 radical (unpaired) electrons. The molecule has 4 rings (SSSR count). The van der Waals surface area contributed by atoms with E-state index < -0.39 is 11.6 Å². The summed E-state index contributed by atoms with van der Waals surface area (Å²) in [6.45, 7) is 0. The van der Waals surface area contributed by atoms with Crippen LogP contribution in [0.5, 0.6) is 0 Å². The predicted molar refractivity (Wildman–Crippen MR) is 93.6 cm³/mol. The Morgan fingerprint density at radius 1 is 1.08 bits per heavy atom. The molecule has 2 nitrogen and oxygen atoms in total. The molecule has 24 heavy (non-hydrogen) atoms. The summed E-state index contributed by atoms with van der Waals surface area (Å²) < 4.78 is 26.6. The van der Waals surface area contributed by atoms with E-state index >= 15 is 0 Å². The Morgan fingerprint density at radius 3 is 2.75 bits per heavy atom. The number of thioether (sulfide) groups is 1. The molecule has 6 heteroatoms. The summed E-state index contributed by atoms with van der Waals surface area (Å²) in [6.07, 6.45) is 0. The van der Waals surface area contributed by atoms with Gasteiger partial charge in [-0.15, -0.1) is 23.1 Å². The van der Waals surface area contributed by atoms with Gasteiger partial charge in [-0.2, -0.15) is 0 Å². The molecule has 1 aromatic heterocycles. The van der Waals surface area contributed by atoms with Crippen molar-refractivity contribution < 1.29 is 13.6 Å². The maximum Gasteiger partial charge on any atom is 0.265 e. The normalized spacial score (nSPS) is 12.4. The number of thiophene rings is 1. The topological polar surface area (TPSA) is 29.1 Å². The molecule has 1 N–H and O–H groups in total. The number of carbonyl (C=O) groups excluding carboxylic acids is 1. The van der Waals surface area contributed by atoms with Crippen LogP contribution in [0.15, 0.2) is 53.4 Å². The smallest absolute Gasteiger partial charge is 0.265 e. The highest BCUT2D eigenvalue weighted by molar-refractivity contribution is 7.98. The third-order valence-electron chi connectivity index (χ3n) is 3.73. The molecule has 0 aliphatic carbocycles. The molecule has 3 aromatic rings. The summed E-state index contributed by atoms with van der Waals surface area (Å²) >= 11 is 3.13. The van der Waals surface area contributed by atoms with Crippen LogP contribution in [0.25, 0.3) is 10.4 Å². The Morgan fingerprint density at radius 2 is 1.92 bits per heavy atom. The largest absolute Gasteiger partial charge is 0.319 e. The van der Waals surface area contributed by atoms with Gasteiger partial charge in [-0.3, -0.25) is 4.79 Å². The van der Waals surface area contributed by atoms with Gasteiger partial charge in [0.2, 0.25) is 0 Å². The van der Waals surface area contributed by atoms with E-state index in [2.05, 4.69) is 11.4 Å². The second-order valence-corrected chi connectivity index (χ2v) is 7.40. The van der Waals surface area contributed by atoms with Crippen molar-refractivity contribution in [3.63, 3.8) is 0 Å². The van der Waals surface area contributed by atoms with Crippen LogP contribution in [-0.4, -0.2) is 5.91 Å². The van der Waals surface area contributed by atoms with Gasteiger partial charge in [-0.05, 0) is 29.8 Å². The fraction of sp³-hybridized carbons (Fsp3) is 0.0556. The van der Waals surface area contributed by atoms with Gasteiger partial charge in [0.25, 0.3) is 5.91 Å². The van der Waals surface area contributed by atoms with Crippen LogP contribution in [0.3, 0.4) is 0 Å². The number of amides is 1. The van der Waals surface area contributed by atoms with Crippen LogP contribution in [0.2, 0.25) is 0 Å². The van der Waals surface area contributed by atoms with E-state index in [1.165, 1.54) is 22.3 Å². The second-order valence-electron chi connectivity index (χ2n) is 5.33. The molecule has 0 saturated carbocycles. The van der Waals surface area contributed by atoms with Crippen LogP contribution < -0.4 is 5.32 Å². The predicted octanol–water partition coefficient (Wildman–Crippen LogP) is 5.55. The average Bonchev–Trinajstić information content (AvgIpc) is 3.02. The molecule has 0 atom stereocenters. The lowest BCUT2D eigenvalue weighted by molar-refractivity contribution is 0.103. The zero-order chi connectivity index (χ0) is 16.7. The molecule has 1 aliphatic heterocycles. The second kappa shape index (κ2) is 6.03.